The third-order valence-corrected chi connectivity index (χ3v) is 9.77. The highest BCUT2D eigenvalue weighted by Crippen LogP contribution is 2.49. The van der Waals surface area contributed by atoms with E-state index in [4.69, 9.17) is 16.2 Å². The first-order chi connectivity index (χ1) is 17.0. The van der Waals surface area contributed by atoms with Crippen LogP contribution in [0.5, 0.6) is 0 Å². The van der Waals surface area contributed by atoms with Gasteiger partial charge in [0.2, 0.25) is 15.6 Å². The number of nitrogens with two attached hydrogens (primary N) is 2. The first kappa shape index (κ1) is 26.4. The van der Waals surface area contributed by atoms with Gasteiger partial charge in [-0.1, -0.05) is 18.6 Å². The molecular weight excluding hydrogens is 490 g/mol. The van der Waals surface area contributed by atoms with E-state index >= 15 is 0 Å². The average molecular weight is 526 g/mol. The molecule has 0 spiro atoms. The topological polar surface area (TPSA) is 191 Å². The maximum atomic E-state index is 13.8. The van der Waals surface area contributed by atoms with Crippen LogP contribution in [0.15, 0.2) is 12.2 Å². The summed E-state index contributed by atoms with van der Waals surface area (Å²) in [6.45, 7) is 0.310. The lowest BCUT2D eigenvalue weighted by atomic mass is 9.92. The molecule has 1 saturated heterocycles. The highest BCUT2D eigenvalue weighted by Gasteiger charge is 2.67. The average Bonchev–Trinajstić information content (AvgIpc) is 3.72. The number of hydrogen-bond acceptors (Lipinski definition) is 7. The molecule has 13 heteroatoms. The largest absolute Gasteiger partial charge is 0.436 e. The maximum Gasteiger partial charge on any atom is 0.405 e. The van der Waals surface area contributed by atoms with E-state index in [1.54, 1.807) is 6.08 Å². The van der Waals surface area contributed by atoms with Gasteiger partial charge >= 0.3 is 6.09 Å². The van der Waals surface area contributed by atoms with Gasteiger partial charge in [0.1, 0.15) is 0 Å². The van der Waals surface area contributed by atoms with E-state index in [0.29, 0.717) is 12.8 Å². The maximum absolute atomic E-state index is 13.8. The van der Waals surface area contributed by atoms with Gasteiger partial charge in [0.15, 0.2) is 11.0 Å². The molecule has 4 amide bonds. The number of nitrogens with one attached hydrogen (secondary N) is 2. The molecule has 2 aliphatic carbocycles. The number of carbonyl (C=O) groups excluding carboxylic acids is 4. The molecule has 0 aromatic rings. The molecule has 2 heterocycles. The van der Waals surface area contributed by atoms with Crippen molar-refractivity contribution in [2.75, 3.05) is 13.1 Å². The van der Waals surface area contributed by atoms with Crippen LogP contribution in [0.25, 0.3) is 0 Å². The molecular formula is C23H35N5O7S. The van der Waals surface area contributed by atoms with Crippen LogP contribution in [0.3, 0.4) is 0 Å². The standard InChI is InChI=1S/C23H35N5O7S/c24-19(30)22-11-6-12-28(22)18(29)17(35-21(25)32)8-5-3-1-2-4-7-16-13-23(16,27-20(22)31)36(33,34)26-14-15-9-10-15/h4,7,15-17,26H,1-3,5-6,8-14H2,(H2,24,30)(H2,25,32)(H,27,31). The van der Waals surface area contributed by atoms with Crippen molar-refractivity contribution in [3.63, 3.8) is 0 Å². The first-order valence-electron chi connectivity index (χ1n) is 12.6. The van der Waals surface area contributed by atoms with Crippen molar-refractivity contribution in [1.82, 2.24) is 14.9 Å². The normalized spacial score (nSPS) is 33.5. The molecule has 4 aliphatic rings. The summed E-state index contributed by atoms with van der Waals surface area (Å²) in [5, 5.41) is 2.62. The van der Waals surface area contributed by atoms with E-state index in [-0.39, 0.29) is 44.7 Å². The molecule has 0 aromatic carbocycles. The Bertz CT molecular complexity index is 1060. The molecule has 12 nitrogen and oxygen atoms in total. The van der Waals surface area contributed by atoms with Crippen LogP contribution in [-0.4, -0.2) is 66.7 Å². The predicted molar refractivity (Wildman–Crippen MR) is 128 cm³/mol. The molecule has 2 aliphatic heterocycles. The summed E-state index contributed by atoms with van der Waals surface area (Å²) in [5.74, 6) is -2.96. The molecule has 36 heavy (non-hydrogen) atoms. The lowest BCUT2D eigenvalue weighted by Crippen LogP contribution is -2.68. The zero-order valence-corrected chi connectivity index (χ0v) is 21.1. The Morgan fingerprint density at radius 2 is 1.89 bits per heavy atom. The summed E-state index contributed by atoms with van der Waals surface area (Å²) in [6, 6.07) is 0. The van der Waals surface area contributed by atoms with Crippen molar-refractivity contribution in [1.29, 1.82) is 0 Å². The van der Waals surface area contributed by atoms with Crippen LogP contribution in [-0.2, 0) is 29.1 Å². The zero-order valence-electron chi connectivity index (χ0n) is 20.2. The van der Waals surface area contributed by atoms with Gasteiger partial charge in [0.05, 0.1) is 0 Å². The fraction of sp³-hybridized carbons (Fsp3) is 0.739. The van der Waals surface area contributed by atoms with Gasteiger partial charge in [-0.05, 0) is 63.7 Å². The van der Waals surface area contributed by atoms with E-state index < -0.39 is 56.3 Å². The molecule has 4 rings (SSSR count). The minimum atomic E-state index is -4.00. The Labute approximate surface area is 210 Å². The highest BCUT2D eigenvalue weighted by atomic mass is 32.2. The second-order valence-electron chi connectivity index (χ2n) is 10.3. The minimum absolute atomic E-state index is 0.0246. The van der Waals surface area contributed by atoms with Crippen LogP contribution in [0.2, 0.25) is 0 Å². The van der Waals surface area contributed by atoms with Crippen molar-refractivity contribution < 1.29 is 32.3 Å². The molecule has 2 saturated carbocycles. The van der Waals surface area contributed by atoms with Gasteiger partial charge in [-0.2, -0.15) is 0 Å². The molecule has 4 unspecified atom stereocenters. The Hall–Kier alpha value is -2.67. The Morgan fingerprint density at radius 3 is 2.56 bits per heavy atom. The summed E-state index contributed by atoms with van der Waals surface area (Å²) in [6.07, 6.45) is 6.42. The lowest BCUT2D eigenvalue weighted by molar-refractivity contribution is -0.157. The Balaban J connectivity index is 1.69. The van der Waals surface area contributed by atoms with E-state index in [9.17, 15) is 27.6 Å². The molecule has 0 radical (unpaired) electrons. The number of fused-ring (bicyclic) bond motifs is 2. The molecule has 0 aromatic heterocycles. The Kier molecular flexibility index (Phi) is 7.33. The number of allylic oxidation sites excluding steroid dienone is 1. The van der Waals surface area contributed by atoms with E-state index in [1.165, 1.54) is 0 Å². The number of nitrogens with zero attached hydrogens (tertiary/aromatic N) is 1. The van der Waals surface area contributed by atoms with E-state index in [2.05, 4.69) is 10.0 Å². The van der Waals surface area contributed by atoms with Crippen molar-refractivity contribution >= 4 is 33.8 Å². The SMILES string of the molecule is NC(=O)OC1CCCCCC=CC2CC2(S(=O)(=O)NCC2CC2)NC(=O)C2(C(N)=O)CCCN2C1=O. The molecule has 200 valence electrons. The summed E-state index contributed by atoms with van der Waals surface area (Å²) < 4.78 is 34.5. The van der Waals surface area contributed by atoms with Crippen LogP contribution in [0.1, 0.15) is 64.2 Å². The third kappa shape index (κ3) is 4.95. The monoisotopic (exact) mass is 525 g/mol. The van der Waals surface area contributed by atoms with Crippen molar-refractivity contribution in [2.45, 2.75) is 80.7 Å². The quantitative estimate of drug-likeness (QED) is 0.276. The van der Waals surface area contributed by atoms with Gasteiger partial charge in [0, 0.05) is 19.0 Å². The number of rotatable bonds is 6. The van der Waals surface area contributed by atoms with Gasteiger partial charge < -0.3 is 26.4 Å². The Morgan fingerprint density at radius 1 is 1.14 bits per heavy atom. The molecule has 6 N–H and O–H groups in total. The van der Waals surface area contributed by atoms with Crippen LogP contribution >= 0.6 is 0 Å². The number of hydrogen-bond donors (Lipinski definition) is 4. The van der Waals surface area contributed by atoms with E-state index in [0.717, 1.165) is 30.6 Å². The minimum Gasteiger partial charge on any atom is -0.436 e. The second-order valence-corrected chi connectivity index (χ2v) is 12.3. The van der Waals surface area contributed by atoms with Gasteiger partial charge in [-0.3, -0.25) is 14.4 Å². The number of primary amides is 2. The number of ether oxygens (including phenoxy) is 1. The first-order valence-corrected chi connectivity index (χ1v) is 14.1. The summed E-state index contributed by atoms with van der Waals surface area (Å²) in [4.78, 5) is 50.9. The fourth-order valence-electron chi connectivity index (χ4n) is 5.28. The zero-order chi connectivity index (χ0) is 26.1. The smallest absolute Gasteiger partial charge is 0.405 e. The van der Waals surface area contributed by atoms with Gasteiger partial charge in [0.25, 0.3) is 17.7 Å². The van der Waals surface area contributed by atoms with Gasteiger partial charge in [-0.15, -0.1) is 0 Å². The van der Waals surface area contributed by atoms with Crippen molar-refractivity contribution in [3.05, 3.63) is 12.2 Å². The fourth-order valence-corrected chi connectivity index (χ4v) is 7.10. The molecule has 0 bridgehead atoms. The number of sulfonamides is 1. The van der Waals surface area contributed by atoms with Crippen LogP contribution in [0, 0.1) is 11.8 Å². The second kappa shape index (κ2) is 10.0. The van der Waals surface area contributed by atoms with Gasteiger partial charge in [-0.25, -0.2) is 17.9 Å². The number of amides is 4. The van der Waals surface area contributed by atoms with Crippen LogP contribution in [0.4, 0.5) is 4.79 Å². The number of carbonyl (C=O) groups is 4. The van der Waals surface area contributed by atoms with Crippen molar-refractivity contribution in [3.8, 4) is 0 Å². The summed E-state index contributed by atoms with van der Waals surface area (Å²) in [7, 11) is -4.00. The predicted octanol–water partition coefficient (Wildman–Crippen LogP) is -0.0211. The summed E-state index contributed by atoms with van der Waals surface area (Å²) in [5.41, 5.74) is 8.79. The molecule has 4 atom stereocenters. The van der Waals surface area contributed by atoms with Crippen molar-refractivity contribution in [2.24, 2.45) is 23.3 Å². The van der Waals surface area contributed by atoms with E-state index in [1.807, 2.05) is 6.08 Å². The lowest BCUT2D eigenvalue weighted by Gasteiger charge is -2.37. The third-order valence-electron chi connectivity index (χ3n) is 7.70. The summed E-state index contributed by atoms with van der Waals surface area (Å²) >= 11 is 0. The molecule has 3 fully saturated rings. The highest BCUT2D eigenvalue weighted by molar-refractivity contribution is 7.91. The van der Waals surface area contributed by atoms with Crippen LogP contribution < -0.4 is 21.5 Å².